The summed E-state index contributed by atoms with van der Waals surface area (Å²) in [5, 5.41) is 2.71. The number of carbonyl (C=O) groups excluding carboxylic acids is 2. The first-order chi connectivity index (χ1) is 15.7. The fourth-order valence-corrected chi connectivity index (χ4v) is 3.23. The summed E-state index contributed by atoms with van der Waals surface area (Å²) < 4.78 is 17.2. The Labute approximate surface area is 191 Å². The van der Waals surface area contributed by atoms with Crippen LogP contribution in [0.4, 0.5) is 0 Å². The van der Waals surface area contributed by atoms with E-state index in [1.807, 2.05) is 13.0 Å². The van der Waals surface area contributed by atoms with Gasteiger partial charge in [0, 0.05) is 23.9 Å². The molecule has 1 atom stereocenters. The SMILES string of the molecule is COc1cc(OC)cc(C(=O)N[C@H](C(=O)OCc2cc(=O)n3cc(C)ccc3n2)C(C)C)c1. The number of benzene rings is 1. The Hall–Kier alpha value is -3.88. The molecule has 0 bridgehead atoms. The van der Waals surface area contributed by atoms with Crippen molar-refractivity contribution >= 4 is 17.5 Å². The van der Waals surface area contributed by atoms with Gasteiger partial charge < -0.3 is 19.5 Å². The average Bonchev–Trinajstić information content (AvgIpc) is 2.80. The van der Waals surface area contributed by atoms with Gasteiger partial charge in [0.05, 0.1) is 19.9 Å². The molecular formula is C24H27N3O6. The highest BCUT2D eigenvalue weighted by Crippen LogP contribution is 2.22. The van der Waals surface area contributed by atoms with Crippen molar-refractivity contribution < 1.29 is 23.8 Å². The van der Waals surface area contributed by atoms with E-state index in [2.05, 4.69) is 10.3 Å². The number of esters is 1. The summed E-state index contributed by atoms with van der Waals surface area (Å²) in [5.74, 6) is -0.439. The van der Waals surface area contributed by atoms with Gasteiger partial charge in [-0.1, -0.05) is 19.9 Å². The van der Waals surface area contributed by atoms with Gasteiger partial charge in [-0.2, -0.15) is 0 Å². The van der Waals surface area contributed by atoms with Crippen LogP contribution in [0.2, 0.25) is 0 Å². The van der Waals surface area contributed by atoms with Crippen molar-refractivity contribution in [2.24, 2.45) is 5.92 Å². The predicted molar refractivity (Wildman–Crippen MR) is 122 cm³/mol. The number of aryl methyl sites for hydroxylation is 1. The van der Waals surface area contributed by atoms with E-state index >= 15 is 0 Å². The van der Waals surface area contributed by atoms with Crippen molar-refractivity contribution in [3.63, 3.8) is 0 Å². The van der Waals surface area contributed by atoms with Crippen molar-refractivity contribution in [2.45, 2.75) is 33.4 Å². The second-order valence-electron chi connectivity index (χ2n) is 7.92. The van der Waals surface area contributed by atoms with Gasteiger partial charge in [-0.25, -0.2) is 9.78 Å². The normalized spacial score (nSPS) is 11.8. The molecule has 174 valence electrons. The van der Waals surface area contributed by atoms with E-state index in [0.717, 1.165) is 5.56 Å². The Kier molecular flexibility index (Phi) is 7.32. The Bertz CT molecular complexity index is 1210. The zero-order chi connectivity index (χ0) is 24.1. The molecule has 0 saturated carbocycles. The number of nitrogens with one attached hydrogen (secondary N) is 1. The van der Waals surface area contributed by atoms with Gasteiger partial charge >= 0.3 is 5.97 Å². The quantitative estimate of drug-likeness (QED) is 0.522. The minimum absolute atomic E-state index is 0.190. The molecule has 9 heteroatoms. The van der Waals surface area contributed by atoms with Crippen molar-refractivity contribution in [2.75, 3.05) is 14.2 Å². The molecule has 0 fully saturated rings. The molecule has 0 unspecified atom stereocenters. The highest BCUT2D eigenvalue weighted by Gasteiger charge is 2.27. The molecule has 1 N–H and O–H groups in total. The van der Waals surface area contributed by atoms with Crippen molar-refractivity contribution in [3.05, 3.63) is 69.8 Å². The van der Waals surface area contributed by atoms with Crippen LogP contribution in [0.15, 0.2) is 47.4 Å². The molecule has 1 aromatic carbocycles. The molecule has 0 aliphatic rings. The number of pyridine rings is 1. The lowest BCUT2D eigenvalue weighted by Crippen LogP contribution is -2.45. The first-order valence-electron chi connectivity index (χ1n) is 10.4. The molecule has 0 spiro atoms. The zero-order valence-corrected chi connectivity index (χ0v) is 19.2. The van der Waals surface area contributed by atoms with Gasteiger partial charge in [0.1, 0.15) is 29.8 Å². The molecule has 3 aromatic rings. The summed E-state index contributed by atoms with van der Waals surface area (Å²) >= 11 is 0. The summed E-state index contributed by atoms with van der Waals surface area (Å²) in [6.45, 7) is 5.27. The van der Waals surface area contributed by atoms with Crippen LogP contribution in [0.3, 0.4) is 0 Å². The summed E-state index contributed by atoms with van der Waals surface area (Å²) in [7, 11) is 2.97. The Morgan fingerprint density at radius 1 is 1.06 bits per heavy atom. The maximum atomic E-state index is 12.8. The molecule has 3 rings (SSSR count). The number of hydrogen-bond acceptors (Lipinski definition) is 7. The second kappa shape index (κ2) is 10.2. The van der Waals surface area contributed by atoms with Crippen molar-refractivity contribution in [1.29, 1.82) is 0 Å². The second-order valence-corrected chi connectivity index (χ2v) is 7.92. The van der Waals surface area contributed by atoms with Crippen LogP contribution in [0.25, 0.3) is 5.65 Å². The third-order valence-electron chi connectivity index (χ3n) is 5.04. The van der Waals surface area contributed by atoms with E-state index in [0.29, 0.717) is 22.8 Å². The van der Waals surface area contributed by atoms with E-state index in [9.17, 15) is 14.4 Å². The Morgan fingerprint density at radius 3 is 2.33 bits per heavy atom. The van der Waals surface area contributed by atoms with Crippen molar-refractivity contribution in [1.82, 2.24) is 14.7 Å². The van der Waals surface area contributed by atoms with Gasteiger partial charge in [-0.05, 0) is 36.6 Å². The van der Waals surface area contributed by atoms with Crippen LogP contribution >= 0.6 is 0 Å². The predicted octanol–water partition coefficient (Wildman–Crippen LogP) is 2.52. The highest BCUT2D eigenvalue weighted by molar-refractivity contribution is 5.97. The third-order valence-corrected chi connectivity index (χ3v) is 5.04. The van der Waals surface area contributed by atoms with Crippen LogP contribution in [0.1, 0.15) is 35.5 Å². The smallest absolute Gasteiger partial charge is 0.329 e. The molecular weight excluding hydrogens is 426 g/mol. The van der Waals surface area contributed by atoms with E-state index in [1.54, 1.807) is 44.3 Å². The maximum absolute atomic E-state index is 12.8. The Balaban J connectivity index is 1.73. The Morgan fingerprint density at radius 2 is 1.73 bits per heavy atom. The highest BCUT2D eigenvalue weighted by atomic mass is 16.5. The topological polar surface area (TPSA) is 108 Å². The van der Waals surface area contributed by atoms with Crippen LogP contribution in [-0.4, -0.2) is 41.5 Å². The fourth-order valence-electron chi connectivity index (χ4n) is 3.23. The van der Waals surface area contributed by atoms with Gasteiger partial charge in [-0.15, -0.1) is 0 Å². The standard InChI is InChI=1S/C24H27N3O6/c1-14(2)22(26-23(29)16-8-18(31-4)11-19(9-16)32-5)24(30)33-13-17-10-21(28)27-12-15(3)6-7-20(27)25-17/h6-12,14,22H,13H2,1-5H3,(H,26,29)/t22-/m0/s1. The minimum Gasteiger partial charge on any atom is -0.497 e. The monoisotopic (exact) mass is 453 g/mol. The van der Waals surface area contributed by atoms with E-state index in [-0.39, 0.29) is 23.6 Å². The summed E-state index contributed by atoms with van der Waals surface area (Å²) in [5.41, 5.74) is 1.72. The molecule has 0 aliphatic carbocycles. The van der Waals surface area contributed by atoms with Crippen LogP contribution < -0.4 is 20.3 Å². The molecule has 9 nitrogen and oxygen atoms in total. The van der Waals surface area contributed by atoms with E-state index < -0.39 is 17.9 Å². The lowest BCUT2D eigenvalue weighted by atomic mass is 10.0. The van der Waals surface area contributed by atoms with Gasteiger partial charge in [0.15, 0.2) is 0 Å². The number of aromatic nitrogens is 2. The van der Waals surface area contributed by atoms with E-state index in [1.165, 1.54) is 24.7 Å². The molecule has 2 aromatic heterocycles. The molecule has 0 aliphatic heterocycles. The van der Waals surface area contributed by atoms with Crippen LogP contribution in [-0.2, 0) is 16.1 Å². The lowest BCUT2D eigenvalue weighted by molar-refractivity contribution is -0.148. The van der Waals surface area contributed by atoms with E-state index in [4.69, 9.17) is 14.2 Å². The number of methoxy groups -OCH3 is 2. The van der Waals surface area contributed by atoms with Gasteiger partial charge in [-0.3, -0.25) is 14.0 Å². The summed E-state index contributed by atoms with van der Waals surface area (Å²) in [6.07, 6.45) is 1.69. The fraction of sp³-hybridized carbons (Fsp3) is 0.333. The van der Waals surface area contributed by atoms with Gasteiger partial charge in [0.2, 0.25) is 0 Å². The van der Waals surface area contributed by atoms with Gasteiger partial charge in [0.25, 0.3) is 11.5 Å². The van der Waals surface area contributed by atoms with Crippen molar-refractivity contribution in [3.8, 4) is 11.5 Å². The molecule has 1 amide bonds. The molecule has 33 heavy (non-hydrogen) atoms. The first-order valence-corrected chi connectivity index (χ1v) is 10.4. The summed E-state index contributed by atoms with van der Waals surface area (Å²) in [4.78, 5) is 42.3. The number of nitrogens with zero attached hydrogens (tertiary/aromatic N) is 2. The number of rotatable bonds is 8. The maximum Gasteiger partial charge on any atom is 0.329 e. The molecule has 0 saturated heterocycles. The lowest BCUT2D eigenvalue weighted by Gasteiger charge is -2.21. The number of fused-ring (bicyclic) bond motifs is 1. The zero-order valence-electron chi connectivity index (χ0n) is 19.2. The van der Waals surface area contributed by atoms with Crippen LogP contribution in [0, 0.1) is 12.8 Å². The minimum atomic E-state index is -0.904. The third kappa shape index (κ3) is 5.68. The molecule has 0 radical (unpaired) electrons. The number of ether oxygens (including phenoxy) is 3. The average molecular weight is 453 g/mol. The number of amides is 1. The number of hydrogen-bond donors (Lipinski definition) is 1. The summed E-state index contributed by atoms with van der Waals surface area (Å²) in [6, 6.07) is 8.73. The molecule has 2 heterocycles. The number of carbonyl (C=O) groups is 2. The van der Waals surface area contributed by atoms with Crippen LogP contribution in [0.5, 0.6) is 11.5 Å². The first kappa shape index (κ1) is 23.8. The largest absolute Gasteiger partial charge is 0.497 e.